The van der Waals surface area contributed by atoms with Crippen molar-refractivity contribution in [3.05, 3.63) is 59.3 Å². The van der Waals surface area contributed by atoms with Crippen molar-refractivity contribution in [2.45, 2.75) is 10.8 Å². The summed E-state index contributed by atoms with van der Waals surface area (Å²) in [4.78, 5) is 9.65. The SMILES string of the molecule is CN1CCN(c2cccc(C3=CCc4ccc(-c5nnc(S(C)(=O)=O)s5)cc43)n2)CC1. The first-order valence-corrected chi connectivity index (χ1v) is 12.9. The number of sulfone groups is 1. The Hall–Kier alpha value is -2.62. The lowest BCUT2D eigenvalue weighted by Crippen LogP contribution is -2.44. The zero-order chi connectivity index (χ0) is 21.6. The molecule has 31 heavy (non-hydrogen) atoms. The molecule has 1 aliphatic carbocycles. The summed E-state index contributed by atoms with van der Waals surface area (Å²) < 4.78 is 23.6. The summed E-state index contributed by atoms with van der Waals surface area (Å²) in [6.45, 7) is 4.04. The number of aromatic nitrogens is 3. The van der Waals surface area contributed by atoms with Gasteiger partial charge in [0.25, 0.3) is 0 Å². The van der Waals surface area contributed by atoms with Crippen LogP contribution in [0.2, 0.25) is 0 Å². The lowest BCUT2D eigenvalue weighted by molar-refractivity contribution is 0.312. The number of rotatable bonds is 4. The highest BCUT2D eigenvalue weighted by molar-refractivity contribution is 7.92. The zero-order valence-electron chi connectivity index (χ0n) is 17.4. The Balaban J connectivity index is 1.46. The van der Waals surface area contributed by atoms with E-state index in [4.69, 9.17) is 4.98 Å². The molecule has 9 heteroatoms. The number of pyridine rings is 1. The third-order valence-corrected chi connectivity index (χ3v) is 8.38. The van der Waals surface area contributed by atoms with Crippen LogP contribution in [0.4, 0.5) is 5.82 Å². The van der Waals surface area contributed by atoms with Gasteiger partial charge < -0.3 is 9.80 Å². The van der Waals surface area contributed by atoms with Crippen molar-refractivity contribution in [2.75, 3.05) is 44.4 Å². The second kappa shape index (κ2) is 7.81. The summed E-state index contributed by atoms with van der Waals surface area (Å²) >= 11 is 1.10. The average molecular weight is 454 g/mol. The molecule has 0 spiro atoms. The summed E-state index contributed by atoms with van der Waals surface area (Å²) in [5.41, 5.74) is 5.30. The molecular weight excluding hydrogens is 430 g/mol. The highest BCUT2D eigenvalue weighted by Gasteiger charge is 2.21. The molecule has 3 heterocycles. The number of fused-ring (bicyclic) bond motifs is 1. The minimum atomic E-state index is -3.36. The van der Waals surface area contributed by atoms with E-state index in [2.05, 4.69) is 63.5 Å². The van der Waals surface area contributed by atoms with Gasteiger partial charge >= 0.3 is 0 Å². The Labute approximate surface area is 186 Å². The summed E-state index contributed by atoms with van der Waals surface area (Å²) in [6.07, 6.45) is 4.22. The zero-order valence-corrected chi connectivity index (χ0v) is 19.1. The number of likely N-dealkylation sites (N-methyl/N-ethyl adjacent to an activating group) is 1. The average Bonchev–Trinajstić information content (AvgIpc) is 3.41. The third-order valence-electron chi connectivity index (χ3n) is 5.73. The predicted octanol–water partition coefficient (Wildman–Crippen LogP) is 2.74. The summed E-state index contributed by atoms with van der Waals surface area (Å²) in [6, 6.07) is 12.3. The topological polar surface area (TPSA) is 79.3 Å². The van der Waals surface area contributed by atoms with Gasteiger partial charge in [0.1, 0.15) is 10.8 Å². The van der Waals surface area contributed by atoms with Crippen molar-refractivity contribution in [1.29, 1.82) is 0 Å². The highest BCUT2D eigenvalue weighted by Crippen LogP contribution is 2.36. The fourth-order valence-electron chi connectivity index (χ4n) is 3.96. The number of nitrogens with zero attached hydrogens (tertiary/aromatic N) is 5. The molecule has 1 aromatic carbocycles. The van der Waals surface area contributed by atoms with Crippen molar-refractivity contribution in [3.8, 4) is 10.6 Å². The number of benzene rings is 1. The summed E-state index contributed by atoms with van der Waals surface area (Å²) in [7, 11) is -1.21. The maximum Gasteiger partial charge on any atom is 0.232 e. The van der Waals surface area contributed by atoms with Gasteiger partial charge in [-0.05, 0) is 42.8 Å². The molecule has 2 aromatic heterocycles. The third kappa shape index (κ3) is 4.00. The van der Waals surface area contributed by atoms with Crippen LogP contribution in [0.5, 0.6) is 0 Å². The van der Waals surface area contributed by atoms with Crippen LogP contribution >= 0.6 is 11.3 Å². The monoisotopic (exact) mass is 453 g/mol. The maximum absolute atomic E-state index is 11.8. The van der Waals surface area contributed by atoms with Crippen LogP contribution in [0.25, 0.3) is 16.1 Å². The van der Waals surface area contributed by atoms with E-state index in [-0.39, 0.29) is 4.34 Å². The molecule has 1 fully saturated rings. The Morgan fingerprint density at radius 3 is 2.58 bits per heavy atom. The van der Waals surface area contributed by atoms with Gasteiger partial charge in [0, 0.05) is 43.6 Å². The van der Waals surface area contributed by atoms with E-state index in [1.807, 2.05) is 6.07 Å². The van der Waals surface area contributed by atoms with E-state index in [9.17, 15) is 8.42 Å². The van der Waals surface area contributed by atoms with Gasteiger partial charge in [-0.1, -0.05) is 35.6 Å². The van der Waals surface area contributed by atoms with Crippen molar-refractivity contribution in [2.24, 2.45) is 0 Å². The van der Waals surface area contributed by atoms with Crippen LogP contribution in [0, 0.1) is 0 Å². The molecule has 0 saturated carbocycles. The molecular formula is C22H23N5O2S2. The lowest BCUT2D eigenvalue weighted by Gasteiger charge is -2.33. The normalized spacial score (nSPS) is 17.0. The van der Waals surface area contributed by atoms with E-state index < -0.39 is 9.84 Å². The molecule has 7 nitrogen and oxygen atoms in total. The van der Waals surface area contributed by atoms with Crippen molar-refractivity contribution < 1.29 is 8.42 Å². The highest BCUT2D eigenvalue weighted by atomic mass is 32.2. The first-order valence-electron chi connectivity index (χ1n) is 10.2. The number of hydrogen-bond donors (Lipinski definition) is 0. The minimum absolute atomic E-state index is 0.0420. The van der Waals surface area contributed by atoms with E-state index in [1.165, 1.54) is 5.56 Å². The standard InChI is InChI=1S/C22H23N5O2S2/c1-26-10-12-27(13-11-26)20-5-3-4-19(23-20)17-9-8-15-6-7-16(14-18(15)17)21-24-25-22(30-21)31(2,28)29/h3-7,9,14H,8,10-13H2,1-2H3. The Morgan fingerprint density at radius 2 is 1.84 bits per heavy atom. The largest absolute Gasteiger partial charge is 0.354 e. The van der Waals surface area contributed by atoms with Crippen LogP contribution in [0.3, 0.4) is 0 Å². The molecule has 2 aliphatic rings. The summed E-state index contributed by atoms with van der Waals surface area (Å²) in [5.74, 6) is 1.01. The fourth-order valence-corrected chi connectivity index (χ4v) is 5.57. The Bertz CT molecular complexity index is 1270. The Kier molecular flexibility index (Phi) is 5.11. The van der Waals surface area contributed by atoms with Gasteiger partial charge in [0.15, 0.2) is 0 Å². The molecule has 3 aromatic rings. The molecule has 160 valence electrons. The molecule has 0 unspecified atom stereocenters. The van der Waals surface area contributed by atoms with E-state index in [0.29, 0.717) is 5.01 Å². The van der Waals surface area contributed by atoms with Gasteiger partial charge in [-0.3, -0.25) is 0 Å². The van der Waals surface area contributed by atoms with Crippen LogP contribution in [-0.2, 0) is 16.3 Å². The first kappa shape index (κ1) is 20.3. The van der Waals surface area contributed by atoms with Crippen LogP contribution in [-0.4, -0.2) is 68.0 Å². The number of piperazine rings is 1. The van der Waals surface area contributed by atoms with Gasteiger partial charge in [-0.25, -0.2) is 13.4 Å². The summed E-state index contributed by atoms with van der Waals surface area (Å²) in [5, 5.41) is 8.55. The molecule has 1 aliphatic heterocycles. The molecule has 0 amide bonds. The fraction of sp³-hybridized carbons (Fsp3) is 0.318. The van der Waals surface area contributed by atoms with Crippen molar-refractivity contribution >= 4 is 32.6 Å². The van der Waals surface area contributed by atoms with E-state index in [0.717, 1.165) is 78.4 Å². The number of allylic oxidation sites excluding steroid dienone is 1. The van der Waals surface area contributed by atoms with Crippen molar-refractivity contribution in [1.82, 2.24) is 20.1 Å². The number of anilines is 1. The number of hydrogen-bond acceptors (Lipinski definition) is 8. The van der Waals surface area contributed by atoms with Crippen LogP contribution in [0.15, 0.2) is 46.8 Å². The van der Waals surface area contributed by atoms with Gasteiger partial charge in [0.05, 0.1) is 5.69 Å². The molecule has 0 radical (unpaired) electrons. The molecule has 5 rings (SSSR count). The molecule has 0 atom stereocenters. The maximum atomic E-state index is 11.8. The smallest absolute Gasteiger partial charge is 0.232 e. The predicted molar refractivity (Wildman–Crippen MR) is 123 cm³/mol. The van der Waals surface area contributed by atoms with Crippen LogP contribution < -0.4 is 4.90 Å². The quantitative estimate of drug-likeness (QED) is 0.601. The second-order valence-electron chi connectivity index (χ2n) is 8.01. The van der Waals surface area contributed by atoms with E-state index in [1.54, 1.807) is 0 Å². The molecule has 0 bridgehead atoms. The van der Waals surface area contributed by atoms with Crippen LogP contribution in [0.1, 0.15) is 16.8 Å². The van der Waals surface area contributed by atoms with Crippen molar-refractivity contribution in [3.63, 3.8) is 0 Å². The minimum Gasteiger partial charge on any atom is -0.354 e. The van der Waals surface area contributed by atoms with Gasteiger partial charge in [-0.15, -0.1) is 10.2 Å². The molecule has 0 N–H and O–H groups in total. The van der Waals surface area contributed by atoms with Gasteiger partial charge in [-0.2, -0.15) is 0 Å². The molecule has 1 saturated heterocycles. The van der Waals surface area contributed by atoms with E-state index >= 15 is 0 Å². The Morgan fingerprint density at radius 1 is 1.03 bits per heavy atom. The van der Waals surface area contributed by atoms with Gasteiger partial charge in [0.2, 0.25) is 14.2 Å². The lowest BCUT2D eigenvalue weighted by atomic mass is 10.00. The first-order chi connectivity index (χ1) is 14.9. The second-order valence-corrected chi connectivity index (χ2v) is 11.2.